The number of aromatic amines is 1. The number of benzene rings is 2. The SMILES string of the molecule is CCc1cc(NCc2ccc(-c3ccccc3-c3nn[nH]n3)cc2)n2nc(N)nc2n1. The number of H-pyrrole nitrogens is 1. The van der Waals surface area contributed by atoms with Gasteiger partial charge in [0.1, 0.15) is 5.82 Å². The second-order valence-corrected chi connectivity index (χ2v) is 7.00. The number of hydrogen-bond donors (Lipinski definition) is 3. The Morgan fingerprint density at radius 1 is 1.03 bits per heavy atom. The van der Waals surface area contributed by atoms with Crippen LogP contribution >= 0.6 is 0 Å². The highest BCUT2D eigenvalue weighted by molar-refractivity contribution is 5.80. The summed E-state index contributed by atoms with van der Waals surface area (Å²) in [5.41, 5.74) is 10.9. The van der Waals surface area contributed by atoms with E-state index in [1.807, 2.05) is 37.3 Å². The monoisotopic (exact) mass is 412 g/mol. The van der Waals surface area contributed by atoms with Gasteiger partial charge in [0.2, 0.25) is 11.8 Å². The number of aryl methyl sites for hydroxylation is 1. The van der Waals surface area contributed by atoms with Crippen molar-refractivity contribution in [2.45, 2.75) is 19.9 Å². The molecule has 2 aromatic carbocycles. The lowest BCUT2D eigenvalue weighted by Gasteiger charge is -2.11. The normalized spacial score (nSPS) is 11.1. The summed E-state index contributed by atoms with van der Waals surface area (Å²) >= 11 is 0. The van der Waals surface area contributed by atoms with Gasteiger partial charge in [-0.25, -0.2) is 4.98 Å². The molecule has 154 valence electrons. The molecule has 0 spiro atoms. The maximum Gasteiger partial charge on any atom is 0.256 e. The maximum absolute atomic E-state index is 5.75. The minimum Gasteiger partial charge on any atom is -0.366 e. The predicted octanol–water partition coefficient (Wildman–Crippen LogP) is 2.73. The fraction of sp³-hybridized carbons (Fsp3) is 0.143. The van der Waals surface area contributed by atoms with E-state index in [1.165, 1.54) is 0 Å². The molecular weight excluding hydrogens is 392 g/mol. The van der Waals surface area contributed by atoms with E-state index in [1.54, 1.807) is 4.52 Å². The summed E-state index contributed by atoms with van der Waals surface area (Å²) in [6.07, 6.45) is 0.798. The van der Waals surface area contributed by atoms with Crippen LogP contribution in [0.5, 0.6) is 0 Å². The Kier molecular flexibility index (Phi) is 4.71. The van der Waals surface area contributed by atoms with Crippen molar-refractivity contribution in [1.82, 2.24) is 40.2 Å². The highest BCUT2D eigenvalue weighted by Crippen LogP contribution is 2.29. The Labute approximate surface area is 177 Å². The van der Waals surface area contributed by atoms with Crippen molar-refractivity contribution < 1.29 is 0 Å². The van der Waals surface area contributed by atoms with Crippen LogP contribution in [0.2, 0.25) is 0 Å². The molecule has 0 bridgehead atoms. The van der Waals surface area contributed by atoms with Gasteiger partial charge in [-0.1, -0.05) is 55.5 Å². The first-order valence-electron chi connectivity index (χ1n) is 9.89. The van der Waals surface area contributed by atoms with Gasteiger partial charge in [-0.15, -0.1) is 15.3 Å². The van der Waals surface area contributed by atoms with Crippen molar-refractivity contribution in [2.24, 2.45) is 0 Å². The summed E-state index contributed by atoms with van der Waals surface area (Å²) in [5, 5.41) is 22.0. The van der Waals surface area contributed by atoms with Gasteiger partial charge in [0, 0.05) is 23.9 Å². The molecule has 0 atom stereocenters. The van der Waals surface area contributed by atoms with Crippen LogP contribution in [0, 0.1) is 0 Å². The van der Waals surface area contributed by atoms with E-state index in [4.69, 9.17) is 5.73 Å². The number of nitrogens with zero attached hydrogens (tertiary/aromatic N) is 7. The average Bonchev–Trinajstić information content (AvgIpc) is 3.47. The minimum absolute atomic E-state index is 0.202. The van der Waals surface area contributed by atoms with Gasteiger partial charge in [-0.3, -0.25) is 0 Å². The summed E-state index contributed by atoms with van der Waals surface area (Å²) in [6.45, 7) is 2.67. The summed E-state index contributed by atoms with van der Waals surface area (Å²) in [5.74, 6) is 2.07. The van der Waals surface area contributed by atoms with Gasteiger partial charge in [0.25, 0.3) is 5.78 Å². The third-order valence-electron chi connectivity index (χ3n) is 5.00. The van der Waals surface area contributed by atoms with Crippen LogP contribution in [0.4, 0.5) is 11.8 Å². The molecule has 0 aliphatic carbocycles. The molecule has 5 rings (SSSR count). The zero-order chi connectivity index (χ0) is 21.2. The standard InChI is InChI=1S/C21H20N10/c1-2-15-11-18(31-21(24-15)25-20(22)28-31)23-12-13-7-9-14(10-8-13)16-5-3-4-6-17(16)19-26-29-30-27-19/h3-11,23H,2,12H2,1H3,(H2,22,28)(H,26,27,29,30). The lowest BCUT2D eigenvalue weighted by Crippen LogP contribution is -2.07. The molecule has 3 aromatic heterocycles. The predicted molar refractivity (Wildman–Crippen MR) is 117 cm³/mol. The third-order valence-corrected chi connectivity index (χ3v) is 5.00. The Balaban J connectivity index is 1.39. The summed E-state index contributed by atoms with van der Waals surface area (Å²) < 4.78 is 1.63. The van der Waals surface area contributed by atoms with E-state index >= 15 is 0 Å². The number of nitrogens with two attached hydrogens (primary N) is 1. The largest absolute Gasteiger partial charge is 0.366 e. The minimum atomic E-state index is 0.202. The number of tetrazole rings is 1. The number of nitrogens with one attached hydrogen (secondary N) is 2. The Morgan fingerprint density at radius 2 is 1.84 bits per heavy atom. The average molecular weight is 412 g/mol. The molecule has 0 saturated heterocycles. The quantitative estimate of drug-likeness (QED) is 0.387. The summed E-state index contributed by atoms with van der Waals surface area (Å²) in [4.78, 5) is 8.63. The van der Waals surface area contributed by atoms with Gasteiger partial charge in [-0.05, 0) is 28.3 Å². The molecule has 0 fully saturated rings. The van der Waals surface area contributed by atoms with E-state index in [9.17, 15) is 0 Å². The molecule has 0 saturated carbocycles. The first kappa shape index (κ1) is 18.7. The van der Waals surface area contributed by atoms with Crippen molar-refractivity contribution in [3.8, 4) is 22.5 Å². The molecule has 10 heteroatoms. The van der Waals surface area contributed by atoms with E-state index in [2.05, 4.69) is 65.3 Å². The van der Waals surface area contributed by atoms with E-state index in [-0.39, 0.29) is 5.95 Å². The summed E-state index contributed by atoms with van der Waals surface area (Å²) in [6, 6.07) is 18.3. The van der Waals surface area contributed by atoms with Crippen LogP contribution < -0.4 is 11.1 Å². The Hall–Kier alpha value is -4.34. The zero-order valence-corrected chi connectivity index (χ0v) is 16.8. The number of fused-ring (bicyclic) bond motifs is 1. The van der Waals surface area contributed by atoms with Crippen molar-refractivity contribution in [3.05, 3.63) is 65.9 Å². The van der Waals surface area contributed by atoms with Gasteiger partial charge in [-0.2, -0.15) is 14.7 Å². The van der Waals surface area contributed by atoms with E-state index in [0.29, 0.717) is 18.1 Å². The first-order chi connectivity index (χ1) is 15.2. The molecule has 10 nitrogen and oxygen atoms in total. The smallest absolute Gasteiger partial charge is 0.256 e. The number of aromatic nitrogens is 8. The van der Waals surface area contributed by atoms with Crippen molar-refractivity contribution >= 4 is 17.5 Å². The molecule has 0 radical (unpaired) electrons. The van der Waals surface area contributed by atoms with Crippen molar-refractivity contribution in [3.63, 3.8) is 0 Å². The molecule has 0 unspecified atom stereocenters. The Bertz CT molecular complexity index is 1320. The third kappa shape index (κ3) is 3.66. The molecule has 5 aromatic rings. The lowest BCUT2D eigenvalue weighted by molar-refractivity contribution is 0.881. The number of rotatable bonds is 6. The van der Waals surface area contributed by atoms with Gasteiger partial charge >= 0.3 is 0 Å². The molecular formula is C21H20N10. The number of nitrogen functional groups attached to an aromatic ring is 1. The van der Waals surface area contributed by atoms with Gasteiger partial charge in [0.05, 0.1) is 0 Å². The second kappa shape index (κ2) is 7.82. The maximum atomic E-state index is 5.75. The van der Waals surface area contributed by atoms with E-state index in [0.717, 1.165) is 40.2 Å². The first-order valence-corrected chi connectivity index (χ1v) is 9.89. The van der Waals surface area contributed by atoms with Gasteiger partial charge < -0.3 is 11.1 Å². The molecule has 31 heavy (non-hydrogen) atoms. The van der Waals surface area contributed by atoms with Crippen LogP contribution in [0.15, 0.2) is 54.6 Å². The van der Waals surface area contributed by atoms with Crippen LogP contribution in [-0.4, -0.2) is 40.2 Å². The molecule has 0 aliphatic rings. The molecule has 4 N–H and O–H groups in total. The number of anilines is 2. The highest BCUT2D eigenvalue weighted by Gasteiger charge is 2.11. The highest BCUT2D eigenvalue weighted by atomic mass is 15.5. The lowest BCUT2D eigenvalue weighted by atomic mass is 9.98. The van der Waals surface area contributed by atoms with Crippen LogP contribution in [-0.2, 0) is 13.0 Å². The fourth-order valence-corrected chi connectivity index (χ4v) is 3.44. The fourth-order valence-electron chi connectivity index (χ4n) is 3.44. The van der Waals surface area contributed by atoms with Crippen LogP contribution in [0.1, 0.15) is 18.2 Å². The summed E-state index contributed by atoms with van der Waals surface area (Å²) in [7, 11) is 0. The van der Waals surface area contributed by atoms with Crippen molar-refractivity contribution in [1.29, 1.82) is 0 Å². The topological polar surface area (TPSA) is 136 Å². The number of hydrogen-bond acceptors (Lipinski definition) is 8. The Morgan fingerprint density at radius 3 is 2.58 bits per heavy atom. The van der Waals surface area contributed by atoms with Crippen molar-refractivity contribution in [2.75, 3.05) is 11.1 Å². The second-order valence-electron chi connectivity index (χ2n) is 7.00. The zero-order valence-electron chi connectivity index (χ0n) is 16.8. The molecule has 0 amide bonds. The van der Waals surface area contributed by atoms with E-state index < -0.39 is 0 Å². The van der Waals surface area contributed by atoms with Gasteiger partial charge in [0.15, 0.2) is 0 Å². The van der Waals surface area contributed by atoms with Crippen LogP contribution in [0.25, 0.3) is 28.3 Å². The molecule has 3 heterocycles. The molecule has 0 aliphatic heterocycles. The van der Waals surface area contributed by atoms with Crippen LogP contribution in [0.3, 0.4) is 0 Å².